The first kappa shape index (κ1) is 30.2. The Balaban J connectivity index is 1.56. The number of hydrogen-bond acceptors (Lipinski definition) is 3. The zero-order valence-electron chi connectivity index (χ0n) is 24.5. The Hall–Kier alpha value is -4.19. The topological polar surface area (TPSA) is 54.5 Å². The van der Waals surface area contributed by atoms with Crippen LogP contribution in [-0.2, 0) is 25.2 Å². The Labute approximate surface area is 291 Å². The Morgan fingerprint density at radius 2 is 0.915 bits per heavy atom. The van der Waals surface area contributed by atoms with Crippen LogP contribution in [0, 0.1) is 11.8 Å². The van der Waals surface area contributed by atoms with Gasteiger partial charge in [-0.3, -0.25) is 14.4 Å². The third-order valence-electron chi connectivity index (χ3n) is 9.89. The fourth-order valence-corrected chi connectivity index (χ4v) is 8.89. The maximum atomic E-state index is 15.9. The summed E-state index contributed by atoms with van der Waals surface area (Å²) in [6, 6.07) is 38.1. The highest BCUT2D eigenvalue weighted by atomic mass is 35.5. The van der Waals surface area contributed by atoms with Crippen LogP contribution in [0.1, 0.15) is 22.3 Å². The Bertz CT molecular complexity index is 2020. The Morgan fingerprint density at radius 3 is 1.34 bits per heavy atom. The van der Waals surface area contributed by atoms with Crippen molar-refractivity contribution < 1.29 is 14.4 Å². The van der Waals surface area contributed by atoms with Gasteiger partial charge < -0.3 is 0 Å². The first-order valence-corrected chi connectivity index (χ1v) is 16.5. The number of Topliss-reactive ketones (excluding diaryl/α,β-unsaturated/α-hetero) is 1. The van der Waals surface area contributed by atoms with E-state index in [1.165, 1.54) is 0 Å². The van der Waals surface area contributed by atoms with Crippen LogP contribution in [0.5, 0.6) is 0 Å². The Kier molecular flexibility index (Phi) is 7.02. The van der Waals surface area contributed by atoms with E-state index in [0.29, 0.717) is 32.3 Å². The number of imide groups is 1. The average molecular weight is 695 g/mol. The van der Waals surface area contributed by atoms with E-state index >= 15 is 14.4 Å². The van der Waals surface area contributed by atoms with Crippen LogP contribution in [0.15, 0.2) is 127 Å². The molecule has 3 aliphatic rings. The van der Waals surface area contributed by atoms with Gasteiger partial charge >= 0.3 is 0 Å². The van der Waals surface area contributed by atoms with Gasteiger partial charge in [0.05, 0.1) is 38.4 Å². The summed E-state index contributed by atoms with van der Waals surface area (Å²) < 4.78 is 0. The van der Waals surface area contributed by atoms with E-state index in [4.69, 9.17) is 46.4 Å². The minimum atomic E-state index is -1.58. The highest BCUT2D eigenvalue weighted by molar-refractivity contribution is 6.46. The van der Waals surface area contributed by atoms with Gasteiger partial charge in [-0.2, -0.15) is 0 Å². The molecule has 5 aromatic rings. The smallest absolute Gasteiger partial charge is 0.239 e. The number of nitrogens with zero attached hydrogens (tertiary/aromatic N) is 1. The first-order valence-electron chi connectivity index (χ1n) is 15.0. The number of amides is 2. The van der Waals surface area contributed by atoms with Gasteiger partial charge in [-0.25, -0.2) is 4.90 Å². The number of carbonyl (C=O) groups is 3. The lowest BCUT2D eigenvalue weighted by Gasteiger charge is -2.39. The number of carbonyl (C=O) groups excluding carboxylic acids is 3. The van der Waals surface area contributed by atoms with Gasteiger partial charge in [0.15, 0.2) is 5.78 Å². The molecule has 8 heteroatoms. The van der Waals surface area contributed by atoms with Gasteiger partial charge in [0.1, 0.15) is 0 Å². The van der Waals surface area contributed by atoms with E-state index in [0.717, 1.165) is 16.0 Å². The van der Waals surface area contributed by atoms with Crippen LogP contribution in [-0.4, -0.2) is 17.6 Å². The molecule has 2 bridgehead atoms. The summed E-state index contributed by atoms with van der Waals surface area (Å²) in [5.41, 5.74) is 1.05. The molecule has 1 saturated heterocycles. The van der Waals surface area contributed by atoms with Crippen LogP contribution >= 0.6 is 46.4 Å². The second kappa shape index (κ2) is 10.9. The fraction of sp³-hybridized carbons (Fsp3) is 0.103. The molecule has 0 radical (unpaired) electrons. The molecule has 0 N–H and O–H groups in total. The normalized spacial score (nSPS) is 24.8. The Morgan fingerprint density at radius 1 is 0.489 bits per heavy atom. The summed E-state index contributed by atoms with van der Waals surface area (Å²) in [5.74, 6) is -3.53. The van der Waals surface area contributed by atoms with Crippen LogP contribution in [0.3, 0.4) is 0 Å². The van der Waals surface area contributed by atoms with Crippen molar-refractivity contribution in [1.29, 1.82) is 0 Å². The molecular formula is C39H23Cl4NO3. The van der Waals surface area contributed by atoms with Crippen molar-refractivity contribution in [3.63, 3.8) is 0 Å². The van der Waals surface area contributed by atoms with E-state index in [9.17, 15) is 0 Å². The van der Waals surface area contributed by atoms with Crippen molar-refractivity contribution in [3.05, 3.63) is 170 Å². The molecule has 5 aromatic carbocycles. The minimum absolute atomic E-state index is 0.0788. The van der Waals surface area contributed by atoms with Crippen molar-refractivity contribution in [2.45, 2.75) is 10.8 Å². The minimum Gasteiger partial charge on any atom is -0.297 e. The number of halogens is 4. The van der Waals surface area contributed by atoms with Crippen molar-refractivity contribution in [2.75, 3.05) is 4.90 Å². The fourth-order valence-electron chi connectivity index (χ4n) is 8.26. The average Bonchev–Trinajstić information content (AvgIpc) is 3.59. The first-order chi connectivity index (χ1) is 22.7. The summed E-state index contributed by atoms with van der Waals surface area (Å²) in [7, 11) is 0. The van der Waals surface area contributed by atoms with Crippen LogP contribution in [0.2, 0.25) is 20.1 Å². The third kappa shape index (κ3) is 3.93. The van der Waals surface area contributed by atoms with Crippen molar-refractivity contribution in [2.24, 2.45) is 11.8 Å². The molecular weight excluding hydrogens is 672 g/mol. The van der Waals surface area contributed by atoms with E-state index < -0.39 is 34.5 Å². The molecule has 2 aliphatic carbocycles. The summed E-state index contributed by atoms with van der Waals surface area (Å²) >= 11 is 25.9. The molecule has 2 fully saturated rings. The number of benzene rings is 5. The molecule has 0 aromatic heterocycles. The molecule has 8 rings (SSSR count). The third-order valence-corrected chi connectivity index (χ3v) is 11.2. The molecule has 2 amide bonds. The van der Waals surface area contributed by atoms with E-state index in [-0.39, 0.29) is 21.5 Å². The lowest BCUT2D eigenvalue weighted by Crippen LogP contribution is -2.45. The van der Waals surface area contributed by atoms with Gasteiger partial charge in [-0.15, -0.1) is 0 Å². The maximum Gasteiger partial charge on any atom is 0.239 e. The maximum absolute atomic E-state index is 15.9. The van der Waals surface area contributed by atoms with Gasteiger partial charge in [0.2, 0.25) is 11.8 Å². The highest BCUT2D eigenvalue weighted by Crippen LogP contribution is 2.74. The predicted molar refractivity (Wildman–Crippen MR) is 187 cm³/mol. The largest absolute Gasteiger partial charge is 0.297 e. The van der Waals surface area contributed by atoms with Crippen molar-refractivity contribution in [3.8, 4) is 0 Å². The zero-order chi connectivity index (χ0) is 32.7. The summed E-state index contributed by atoms with van der Waals surface area (Å²) in [5, 5.41) is 1.23. The number of allylic oxidation sites excluding steroid dienone is 2. The molecule has 1 saturated carbocycles. The second-order valence-electron chi connectivity index (χ2n) is 12.0. The van der Waals surface area contributed by atoms with Crippen molar-refractivity contribution in [1.82, 2.24) is 0 Å². The number of fused-ring (bicyclic) bond motifs is 5. The van der Waals surface area contributed by atoms with E-state index in [1.807, 2.05) is 60.7 Å². The quantitative estimate of drug-likeness (QED) is 0.172. The molecule has 1 heterocycles. The SMILES string of the molecule is O=C1[C@@H]2[C@H](C(=O)N1c1cccc(Cl)c1Cl)[C@@]1(c3ccc(Cl)cc3)C(=O)[C@@]2(c2ccc(Cl)cc2)C(c2ccccc2)=C1c1ccccc1. The summed E-state index contributed by atoms with van der Waals surface area (Å²) in [6.45, 7) is 0. The molecule has 1 aliphatic heterocycles. The molecule has 0 spiro atoms. The van der Waals surface area contributed by atoms with Gasteiger partial charge in [0.25, 0.3) is 0 Å². The van der Waals surface area contributed by atoms with Crippen LogP contribution in [0.4, 0.5) is 5.69 Å². The summed E-state index contributed by atoms with van der Waals surface area (Å²) in [4.78, 5) is 47.2. The number of hydrogen-bond donors (Lipinski definition) is 0. The van der Waals surface area contributed by atoms with E-state index in [1.54, 1.807) is 66.7 Å². The standard InChI is InChI=1S/C39H23Cl4NO3/c40-26-18-14-24(15-19-26)38-30(22-8-3-1-4-9-22)31(23-10-5-2-6-11-23)39(37(38)47,25-16-20-27(41)21-17-25)33-32(38)35(45)44(36(33)46)29-13-7-12-28(42)34(29)43/h1-21,32-33H/t32-,33+,38-,39-/m0/s1. The summed E-state index contributed by atoms with van der Waals surface area (Å²) in [6.07, 6.45) is 0. The van der Waals surface area contributed by atoms with Gasteiger partial charge in [-0.05, 0) is 69.8 Å². The highest BCUT2D eigenvalue weighted by Gasteiger charge is 2.82. The molecule has 47 heavy (non-hydrogen) atoms. The molecule has 0 unspecified atom stereocenters. The van der Waals surface area contributed by atoms with Crippen LogP contribution < -0.4 is 4.90 Å². The number of ketones is 1. The van der Waals surface area contributed by atoms with Gasteiger partial charge in [0, 0.05) is 10.0 Å². The lowest BCUT2D eigenvalue weighted by atomic mass is 9.59. The number of rotatable bonds is 5. The van der Waals surface area contributed by atoms with Gasteiger partial charge in [-0.1, -0.05) is 137 Å². The van der Waals surface area contributed by atoms with E-state index in [2.05, 4.69) is 0 Å². The predicted octanol–water partition coefficient (Wildman–Crippen LogP) is 9.49. The van der Waals surface area contributed by atoms with Crippen molar-refractivity contribution >= 4 is 80.8 Å². The monoisotopic (exact) mass is 693 g/mol. The molecule has 4 nitrogen and oxygen atoms in total. The second-order valence-corrected chi connectivity index (χ2v) is 13.6. The van der Waals surface area contributed by atoms with Crippen LogP contribution in [0.25, 0.3) is 11.1 Å². The number of anilines is 1. The molecule has 230 valence electrons. The zero-order valence-corrected chi connectivity index (χ0v) is 27.5. The molecule has 4 atom stereocenters. The lowest BCUT2D eigenvalue weighted by molar-refractivity contribution is -0.130.